The number of hydrogen-bond donors (Lipinski definition) is 0. The monoisotopic (exact) mass is 300 g/mol. The van der Waals surface area contributed by atoms with E-state index in [9.17, 15) is 0 Å². The summed E-state index contributed by atoms with van der Waals surface area (Å²) in [4.78, 5) is 10.8. The molecule has 0 unspecified atom stereocenters. The van der Waals surface area contributed by atoms with Crippen molar-refractivity contribution in [2.45, 2.75) is 6.92 Å². The molecule has 0 bridgehead atoms. The molecule has 2 heterocycles. The highest BCUT2D eigenvalue weighted by molar-refractivity contribution is 7.22. The first-order chi connectivity index (χ1) is 9.70. The van der Waals surface area contributed by atoms with Crippen LogP contribution in [0.4, 0.5) is 0 Å². The number of aryl methyl sites for hydroxylation is 1. The van der Waals surface area contributed by atoms with E-state index in [1.54, 1.807) is 18.4 Å². The lowest BCUT2D eigenvalue weighted by molar-refractivity contribution is 1.42. The predicted octanol–water partition coefficient (Wildman–Crippen LogP) is 4.89. The van der Waals surface area contributed by atoms with Crippen LogP contribution in [0.25, 0.3) is 21.5 Å². The Hall–Kier alpha value is -1.71. The van der Waals surface area contributed by atoms with Crippen LogP contribution in [0.1, 0.15) is 10.4 Å². The quantitative estimate of drug-likeness (QED) is 0.619. The Kier molecular flexibility index (Phi) is 3.55. The molecule has 0 fully saturated rings. The fraction of sp³-hybridized carbons (Fsp3) is 0.125. The van der Waals surface area contributed by atoms with E-state index in [0.717, 1.165) is 31.9 Å². The number of hydrogen-bond acceptors (Lipinski definition) is 3. The molecule has 0 aliphatic carbocycles. The highest BCUT2D eigenvalue weighted by atomic mass is 35.5. The average Bonchev–Trinajstić information content (AvgIpc) is 2.84. The summed E-state index contributed by atoms with van der Waals surface area (Å²) in [7, 11) is 1.70. The number of aromatic nitrogens is 1. The summed E-state index contributed by atoms with van der Waals surface area (Å²) in [5.74, 6) is 0. The van der Waals surface area contributed by atoms with Gasteiger partial charge in [-0.05, 0) is 24.6 Å². The van der Waals surface area contributed by atoms with Crippen molar-refractivity contribution in [1.82, 2.24) is 4.98 Å². The molecule has 0 saturated heterocycles. The summed E-state index contributed by atoms with van der Waals surface area (Å²) in [6, 6.07) is 14.3. The molecule has 3 rings (SSSR count). The van der Waals surface area contributed by atoms with Crippen molar-refractivity contribution in [1.29, 1.82) is 0 Å². The van der Waals surface area contributed by atoms with Crippen molar-refractivity contribution < 1.29 is 0 Å². The zero-order valence-corrected chi connectivity index (χ0v) is 12.8. The minimum Gasteiger partial charge on any atom is -0.275 e. The van der Waals surface area contributed by atoms with Crippen molar-refractivity contribution in [3.8, 4) is 11.3 Å². The van der Waals surface area contributed by atoms with Crippen LogP contribution in [-0.2, 0) is 0 Å². The molecule has 100 valence electrons. The molecule has 4 heteroatoms. The van der Waals surface area contributed by atoms with Crippen LogP contribution in [-0.4, -0.2) is 17.2 Å². The van der Waals surface area contributed by atoms with Crippen LogP contribution in [0, 0.1) is 6.92 Å². The fourth-order valence-electron chi connectivity index (χ4n) is 2.17. The van der Waals surface area contributed by atoms with Crippen LogP contribution in [0.15, 0.2) is 47.5 Å². The van der Waals surface area contributed by atoms with Gasteiger partial charge >= 0.3 is 0 Å². The molecule has 0 atom stereocenters. The molecule has 20 heavy (non-hydrogen) atoms. The zero-order valence-electron chi connectivity index (χ0n) is 11.2. The van der Waals surface area contributed by atoms with Gasteiger partial charge in [-0.25, -0.2) is 4.98 Å². The van der Waals surface area contributed by atoms with Gasteiger partial charge in [0.2, 0.25) is 0 Å². The normalized spacial score (nSPS) is 12.1. The molecule has 2 aromatic heterocycles. The third kappa shape index (κ3) is 2.23. The second-order valence-corrected chi connectivity index (χ2v) is 5.84. The molecule has 1 aromatic carbocycles. The number of aliphatic imine (C=N–C) groups is 1. The summed E-state index contributed by atoms with van der Waals surface area (Å²) < 4.78 is 0. The minimum atomic E-state index is 0.548. The van der Waals surface area contributed by atoms with Crippen molar-refractivity contribution in [3.05, 3.63) is 52.9 Å². The molecule has 0 aliphatic rings. The van der Waals surface area contributed by atoms with Crippen LogP contribution in [0.5, 0.6) is 0 Å². The Labute approximate surface area is 126 Å². The highest BCUT2D eigenvalue weighted by Crippen LogP contribution is 2.32. The first-order valence-electron chi connectivity index (χ1n) is 6.29. The van der Waals surface area contributed by atoms with Crippen LogP contribution < -0.4 is 0 Å². The lowest BCUT2D eigenvalue weighted by Crippen LogP contribution is -1.88. The van der Waals surface area contributed by atoms with Gasteiger partial charge in [-0.1, -0.05) is 41.9 Å². The van der Waals surface area contributed by atoms with Gasteiger partial charge in [0.15, 0.2) is 0 Å². The van der Waals surface area contributed by atoms with Crippen molar-refractivity contribution >= 4 is 38.3 Å². The molecule has 0 amide bonds. The average molecular weight is 301 g/mol. The number of pyridine rings is 1. The van der Waals surface area contributed by atoms with Crippen molar-refractivity contribution in [2.24, 2.45) is 4.99 Å². The largest absolute Gasteiger partial charge is 0.275 e. The van der Waals surface area contributed by atoms with E-state index in [4.69, 9.17) is 16.6 Å². The van der Waals surface area contributed by atoms with Gasteiger partial charge in [-0.15, -0.1) is 11.3 Å². The smallest absolute Gasteiger partial charge is 0.141 e. The first kappa shape index (κ1) is 13.3. The van der Waals surface area contributed by atoms with Crippen molar-refractivity contribution in [3.63, 3.8) is 0 Å². The molecule has 0 saturated carbocycles. The van der Waals surface area contributed by atoms with Gasteiger partial charge in [0, 0.05) is 18.0 Å². The number of rotatable bonds is 2. The Morgan fingerprint density at radius 3 is 2.60 bits per heavy atom. The predicted molar refractivity (Wildman–Crippen MR) is 88.1 cm³/mol. The van der Waals surface area contributed by atoms with E-state index in [-0.39, 0.29) is 0 Å². The van der Waals surface area contributed by atoms with Gasteiger partial charge in [-0.3, -0.25) is 4.99 Å². The molecular formula is C16H13ClN2S. The summed E-state index contributed by atoms with van der Waals surface area (Å²) in [6.45, 7) is 2.06. The molecule has 2 nitrogen and oxygen atoms in total. The summed E-state index contributed by atoms with van der Waals surface area (Å²) in [5, 5.41) is 1.69. The topological polar surface area (TPSA) is 25.2 Å². The lowest BCUT2D eigenvalue weighted by atomic mass is 10.1. The maximum absolute atomic E-state index is 6.16. The third-order valence-electron chi connectivity index (χ3n) is 3.26. The summed E-state index contributed by atoms with van der Waals surface area (Å²) in [6.07, 6.45) is 0. The molecule has 0 aliphatic heterocycles. The van der Waals surface area contributed by atoms with Gasteiger partial charge < -0.3 is 0 Å². The van der Waals surface area contributed by atoms with E-state index in [0.29, 0.717) is 5.17 Å². The van der Waals surface area contributed by atoms with E-state index < -0.39 is 0 Å². The maximum atomic E-state index is 6.16. The van der Waals surface area contributed by atoms with Gasteiger partial charge in [0.05, 0.1) is 10.6 Å². The van der Waals surface area contributed by atoms with Crippen LogP contribution >= 0.6 is 22.9 Å². The third-order valence-corrected chi connectivity index (χ3v) is 4.94. The Morgan fingerprint density at radius 1 is 1.15 bits per heavy atom. The Bertz CT molecular complexity index is 791. The van der Waals surface area contributed by atoms with Gasteiger partial charge in [-0.2, -0.15) is 0 Å². The minimum absolute atomic E-state index is 0.548. The Morgan fingerprint density at radius 2 is 1.90 bits per heavy atom. The number of benzene rings is 1. The number of halogens is 1. The van der Waals surface area contributed by atoms with E-state index >= 15 is 0 Å². The molecule has 0 spiro atoms. The molecule has 0 N–H and O–H groups in total. The van der Waals surface area contributed by atoms with Gasteiger partial charge in [0.25, 0.3) is 0 Å². The second kappa shape index (κ2) is 5.35. The van der Waals surface area contributed by atoms with E-state index in [1.165, 1.54) is 0 Å². The molecule has 3 aromatic rings. The number of thiophene rings is 1. The van der Waals surface area contributed by atoms with Crippen LogP contribution in [0.3, 0.4) is 0 Å². The number of nitrogens with zero attached hydrogens (tertiary/aromatic N) is 2. The summed E-state index contributed by atoms with van der Waals surface area (Å²) in [5.41, 5.74) is 3.25. The maximum Gasteiger partial charge on any atom is 0.141 e. The SMILES string of the molecule is CN=C(Cl)c1sc2nc(-c3ccccc3)ccc2c1C. The Balaban J connectivity index is 2.18. The van der Waals surface area contributed by atoms with E-state index in [1.807, 2.05) is 18.2 Å². The fourth-order valence-corrected chi connectivity index (χ4v) is 3.53. The first-order valence-corrected chi connectivity index (χ1v) is 7.48. The van der Waals surface area contributed by atoms with Gasteiger partial charge in [0.1, 0.15) is 10.0 Å². The highest BCUT2D eigenvalue weighted by Gasteiger charge is 2.13. The second-order valence-electron chi connectivity index (χ2n) is 4.49. The molecule has 0 radical (unpaired) electrons. The van der Waals surface area contributed by atoms with E-state index in [2.05, 4.69) is 36.2 Å². The van der Waals surface area contributed by atoms with Crippen molar-refractivity contribution in [2.75, 3.05) is 7.05 Å². The standard InChI is InChI=1S/C16H13ClN2S/c1-10-12-8-9-13(11-6-4-3-5-7-11)19-16(12)20-14(10)15(17)18-2/h3-9H,1-2H3. The van der Waals surface area contributed by atoms with Crippen LogP contribution in [0.2, 0.25) is 0 Å². The summed E-state index contributed by atoms with van der Waals surface area (Å²) >= 11 is 7.75. The lowest BCUT2D eigenvalue weighted by Gasteiger charge is -2.00. The zero-order chi connectivity index (χ0) is 14.1. The molecular weight excluding hydrogens is 288 g/mol. The number of fused-ring (bicyclic) bond motifs is 1.